The summed E-state index contributed by atoms with van der Waals surface area (Å²) in [5.74, 6) is 0.149. The summed E-state index contributed by atoms with van der Waals surface area (Å²) in [6.07, 6.45) is 9.74. The van der Waals surface area contributed by atoms with E-state index >= 15 is 0 Å². The molecule has 0 aliphatic carbocycles. The second-order valence-corrected chi connectivity index (χ2v) is 10.9. The molecule has 6 heterocycles. The van der Waals surface area contributed by atoms with Gasteiger partial charge in [0.2, 0.25) is 0 Å². The fourth-order valence-electron chi connectivity index (χ4n) is 5.77. The minimum absolute atomic E-state index is 0.356. The van der Waals surface area contributed by atoms with E-state index in [4.69, 9.17) is 4.74 Å². The summed E-state index contributed by atoms with van der Waals surface area (Å²) < 4.78 is 20.7. The van der Waals surface area contributed by atoms with Crippen molar-refractivity contribution in [2.75, 3.05) is 32.8 Å². The largest absolute Gasteiger partial charge is 0.492 e. The average molecular weight is 577 g/mol. The van der Waals surface area contributed by atoms with Crippen LogP contribution in [-0.2, 0) is 6.54 Å². The van der Waals surface area contributed by atoms with E-state index in [1.807, 2.05) is 36.8 Å². The second kappa shape index (κ2) is 11.9. The van der Waals surface area contributed by atoms with Crippen molar-refractivity contribution < 1.29 is 9.13 Å². The summed E-state index contributed by atoms with van der Waals surface area (Å²) in [7, 11) is 0. The molecule has 1 aromatic carbocycles. The van der Waals surface area contributed by atoms with Crippen LogP contribution in [0.15, 0.2) is 67.3 Å². The van der Waals surface area contributed by atoms with Gasteiger partial charge in [-0.25, -0.2) is 9.37 Å². The molecule has 6 aromatic rings. The molecule has 3 N–H and O–H groups in total. The van der Waals surface area contributed by atoms with Crippen LogP contribution in [0.25, 0.3) is 55.7 Å². The third-order valence-electron chi connectivity index (χ3n) is 7.95. The van der Waals surface area contributed by atoms with Gasteiger partial charge in [0.15, 0.2) is 5.65 Å². The molecule has 0 bridgehead atoms. The van der Waals surface area contributed by atoms with Gasteiger partial charge in [-0.3, -0.25) is 20.0 Å². The first-order chi connectivity index (χ1) is 21.1. The molecule has 1 aliphatic heterocycles. The number of benzene rings is 1. The Morgan fingerprint density at radius 1 is 0.953 bits per heavy atom. The van der Waals surface area contributed by atoms with Crippen LogP contribution in [0.5, 0.6) is 5.75 Å². The van der Waals surface area contributed by atoms with Crippen LogP contribution in [-0.4, -0.2) is 67.8 Å². The zero-order valence-corrected chi connectivity index (χ0v) is 24.0. The average Bonchev–Trinajstić information content (AvgIpc) is 3.79. The van der Waals surface area contributed by atoms with Crippen molar-refractivity contribution in [1.29, 1.82) is 0 Å². The lowest BCUT2D eigenvalue weighted by molar-refractivity contribution is 0.237. The number of H-pyrrole nitrogens is 2. The maximum Gasteiger partial charge on any atom is 0.181 e. The minimum atomic E-state index is -0.356. The number of hydrogen-bond donors (Lipinski definition) is 3. The van der Waals surface area contributed by atoms with Crippen LogP contribution in [0.1, 0.15) is 25.3 Å². The molecule has 1 saturated heterocycles. The van der Waals surface area contributed by atoms with E-state index in [9.17, 15) is 4.39 Å². The second-order valence-electron chi connectivity index (χ2n) is 10.9. The Morgan fingerprint density at radius 2 is 1.84 bits per heavy atom. The number of hydrogen-bond acceptors (Lipinski definition) is 7. The van der Waals surface area contributed by atoms with E-state index < -0.39 is 0 Å². The Morgan fingerprint density at radius 3 is 2.72 bits per heavy atom. The van der Waals surface area contributed by atoms with Crippen LogP contribution >= 0.6 is 0 Å². The highest BCUT2D eigenvalue weighted by atomic mass is 19.1. The maximum atomic E-state index is 14.8. The Labute approximate surface area is 248 Å². The molecule has 0 spiro atoms. The van der Waals surface area contributed by atoms with Gasteiger partial charge < -0.3 is 15.0 Å². The molecule has 9 nitrogen and oxygen atoms in total. The summed E-state index contributed by atoms with van der Waals surface area (Å²) in [5, 5.41) is 12.7. The Balaban J connectivity index is 1.20. The molecule has 0 saturated carbocycles. The molecule has 43 heavy (non-hydrogen) atoms. The van der Waals surface area contributed by atoms with Crippen LogP contribution in [0.2, 0.25) is 0 Å². The first-order valence-corrected chi connectivity index (χ1v) is 14.8. The fraction of sp³-hybridized carbons (Fsp3) is 0.273. The third kappa shape index (κ3) is 5.71. The van der Waals surface area contributed by atoms with Gasteiger partial charge in [0.1, 0.15) is 18.2 Å². The molecule has 5 aromatic heterocycles. The Hall–Kier alpha value is -4.67. The number of nitrogens with zero attached hydrogens (tertiary/aromatic N) is 5. The Bertz CT molecular complexity index is 1890. The van der Waals surface area contributed by atoms with Crippen molar-refractivity contribution in [2.24, 2.45) is 0 Å². The summed E-state index contributed by atoms with van der Waals surface area (Å²) in [6, 6.07) is 12.9. The molecule has 218 valence electrons. The number of rotatable bonds is 10. The number of aromatic nitrogens is 6. The van der Waals surface area contributed by atoms with Crippen LogP contribution in [0, 0.1) is 5.82 Å². The predicted molar refractivity (Wildman–Crippen MR) is 166 cm³/mol. The summed E-state index contributed by atoms with van der Waals surface area (Å²) in [6.45, 7) is 7.30. The minimum Gasteiger partial charge on any atom is -0.492 e. The summed E-state index contributed by atoms with van der Waals surface area (Å²) >= 11 is 0. The SMILES string of the molecule is CCNCc1cncc(-c2cnc3n[nH]c(-c4cc5c(-c6cc(F)cc(OCCN7CCCC7)c6)nccc5[nH]4)c3c2)c1. The smallest absolute Gasteiger partial charge is 0.181 e. The maximum absolute atomic E-state index is 14.8. The molecule has 0 amide bonds. The molecule has 0 radical (unpaired) electrons. The number of pyridine rings is 3. The van der Waals surface area contributed by atoms with Gasteiger partial charge in [-0.2, -0.15) is 5.10 Å². The first-order valence-electron chi connectivity index (χ1n) is 14.8. The van der Waals surface area contributed by atoms with Gasteiger partial charge in [0.05, 0.1) is 17.1 Å². The zero-order chi connectivity index (χ0) is 29.2. The molecule has 7 rings (SSSR count). The van der Waals surface area contributed by atoms with Crippen LogP contribution in [0.3, 0.4) is 0 Å². The van der Waals surface area contributed by atoms with Crippen LogP contribution in [0.4, 0.5) is 4.39 Å². The fourth-order valence-corrected chi connectivity index (χ4v) is 5.77. The highest BCUT2D eigenvalue weighted by molar-refractivity contribution is 6.00. The van der Waals surface area contributed by atoms with Crippen molar-refractivity contribution in [3.05, 3.63) is 78.6 Å². The molecule has 10 heteroatoms. The number of ether oxygens (including phenoxy) is 1. The van der Waals surface area contributed by atoms with E-state index in [2.05, 4.69) is 59.4 Å². The quantitative estimate of drug-likeness (QED) is 0.185. The number of halogens is 1. The number of aromatic amines is 2. The van der Waals surface area contributed by atoms with E-state index in [0.29, 0.717) is 29.3 Å². The molecule has 1 fully saturated rings. The van der Waals surface area contributed by atoms with Gasteiger partial charge in [0.25, 0.3) is 0 Å². The lowest BCUT2D eigenvalue weighted by Gasteiger charge is -2.15. The number of fused-ring (bicyclic) bond motifs is 2. The van der Waals surface area contributed by atoms with Crippen LogP contribution < -0.4 is 10.1 Å². The van der Waals surface area contributed by atoms with Crippen molar-refractivity contribution in [1.82, 2.24) is 40.3 Å². The van der Waals surface area contributed by atoms with Gasteiger partial charge in [-0.1, -0.05) is 6.92 Å². The predicted octanol–water partition coefficient (Wildman–Crippen LogP) is 5.95. The molecule has 0 atom stereocenters. The van der Waals surface area contributed by atoms with E-state index in [0.717, 1.165) is 77.1 Å². The summed E-state index contributed by atoms with van der Waals surface area (Å²) in [5.41, 5.74) is 7.55. The van der Waals surface area contributed by atoms with Crippen molar-refractivity contribution in [3.63, 3.8) is 0 Å². The van der Waals surface area contributed by atoms with Crippen molar-refractivity contribution >= 4 is 21.9 Å². The topological polar surface area (TPSA) is 108 Å². The highest BCUT2D eigenvalue weighted by Crippen LogP contribution is 2.35. The molecule has 0 unspecified atom stereocenters. The van der Waals surface area contributed by atoms with Gasteiger partial charge in [0, 0.05) is 76.9 Å². The van der Waals surface area contributed by atoms with E-state index in [-0.39, 0.29) is 5.82 Å². The normalized spacial score (nSPS) is 13.8. The van der Waals surface area contributed by atoms with Gasteiger partial charge in [-0.15, -0.1) is 0 Å². The van der Waals surface area contributed by atoms with Gasteiger partial charge in [-0.05, 0) is 74.4 Å². The standard InChI is InChI=1S/C33H33FN8O/c1-2-35-17-21-11-23(19-36-18-21)24-14-28-32(40-41-33(28)38-20-24)30-16-27-29(39-30)5-6-37-31(27)22-12-25(34)15-26(13-22)43-10-9-42-7-3-4-8-42/h5-6,11-16,18-20,35,39H,2-4,7-10,17H2,1H3,(H,38,40,41). The van der Waals surface area contributed by atoms with Crippen molar-refractivity contribution in [3.8, 4) is 39.5 Å². The molecule has 1 aliphatic rings. The zero-order valence-electron chi connectivity index (χ0n) is 24.0. The molecular weight excluding hydrogens is 543 g/mol. The number of likely N-dealkylation sites (tertiary alicyclic amines) is 1. The summed E-state index contributed by atoms with van der Waals surface area (Å²) in [4.78, 5) is 19.6. The lowest BCUT2D eigenvalue weighted by atomic mass is 10.1. The Kier molecular flexibility index (Phi) is 7.53. The van der Waals surface area contributed by atoms with E-state index in [1.54, 1.807) is 6.20 Å². The van der Waals surface area contributed by atoms with Crippen molar-refractivity contribution in [2.45, 2.75) is 26.3 Å². The third-order valence-corrected chi connectivity index (χ3v) is 7.95. The monoisotopic (exact) mass is 576 g/mol. The van der Waals surface area contributed by atoms with Gasteiger partial charge >= 0.3 is 0 Å². The highest BCUT2D eigenvalue weighted by Gasteiger charge is 2.17. The first kappa shape index (κ1) is 27.2. The number of nitrogens with one attached hydrogen (secondary N) is 3. The molecular formula is C33H33FN8O. The van der Waals surface area contributed by atoms with E-state index in [1.165, 1.54) is 25.0 Å². The lowest BCUT2D eigenvalue weighted by Crippen LogP contribution is -2.25.